The van der Waals surface area contributed by atoms with E-state index in [-0.39, 0.29) is 0 Å². The summed E-state index contributed by atoms with van der Waals surface area (Å²) in [5, 5.41) is 4.41. The number of hydrogen-bond acceptors (Lipinski definition) is 2. The molecule has 2 aromatic rings. The number of aryl methyl sites for hydroxylation is 1. The van der Waals surface area contributed by atoms with Gasteiger partial charge < -0.3 is 5.32 Å². The summed E-state index contributed by atoms with van der Waals surface area (Å²) >= 11 is 8.01. The van der Waals surface area contributed by atoms with E-state index in [1.165, 1.54) is 28.9 Å². The second-order valence-corrected chi connectivity index (χ2v) is 6.79. The van der Waals surface area contributed by atoms with Gasteiger partial charge in [0.05, 0.1) is 5.02 Å². The van der Waals surface area contributed by atoms with Gasteiger partial charge in [0.25, 0.3) is 0 Å². The number of rotatable bonds is 5. The maximum atomic E-state index is 6.26. The van der Waals surface area contributed by atoms with Crippen LogP contribution in [0.4, 0.5) is 0 Å². The molecule has 1 aliphatic carbocycles. The summed E-state index contributed by atoms with van der Waals surface area (Å²) in [6.45, 7) is 3.09. The average Bonchev–Trinajstić information content (AvgIpc) is 3.25. The topological polar surface area (TPSA) is 12.0 Å². The van der Waals surface area contributed by atoms with Crippen LogP contribution in [0.2, 0.25) is 5.02 Å². The molecule has 2 aromatic carbocycles. The van der Waals surface area contributed by atoms with Crippen LogP contribution in [0.5, 0.6) is 0 Å². The molecule has 1 N–H and O–H groups in total. The van der Waals surface area contributed by atoms with Crippen LogP contribution in [0.1, 0.15) is 24.0 Å². The van der Waals surface area contributed by atoms with Crippen LogP contribution in [0.15, 0.2) is 52.3 Å². The summed E-state index contributed by atoms with van der Waals surface area (Å²) in [4.78, 5) is 2.41. The van der Waals surface area contributed by atoms with Gasteiger partial charge in [-0.05, 0) is 43.5 Å². The van der Waals surface area contributed by atoms with Gasteiger partial charge in [0.2, 0.25) is 0 Å². The van der Waals surface area contributed by atoms with Gasteiger partial charge >= 0.3 is 0 Å². The second-order valence-electron chi connectivity index (χ2n) is 5.30. The van der Waals surface area contributed by atoms with Crippen LogP contribution in [-0.4, -0.2) is 6.04 Å². The van der Waals surface area contributed by atoms with Crippen molar-refractivity contribution in [1.29, 1.82) is 0 Å². The minimum Gasteiger partial charge on any atom is -0.310 e. The molecule has 1 saturated carbocycles. The Balaban J connectivity index is 1.82. The van der Waals surface area contributed by atoms with E-state index < -0.39 is 0 Å². The van der Waals surface area contributed by atoms with Crippen molar-refractivity contribution in [2.24, 2.45) is 0 Å². The van der Waals surface area contributed by atoms with Crippen LogP contribution >= 0.6 is 23.4 Å². The highest BCUT2D eigenvalue weighted by atomic mass is 35.5. The van der Waals surface area contributed by atoms with Crippen LogP contribution in [0, 0.1) is 6.92 Å². The van der Waals surface area contributed by atoms with Crippen LogP contribution in [-0.2, 0) is 6.54 Å². The fraction of sp³-hybridized carbons (Fsp3) is 0.294. The molecule has 1 aliphatic rings. The third-order valence-corrected chi connectivity index (χ3v) is 5.07. The van der Waals surface area contributed by atoms with Crippen molar-refractivity contribution in [2.75, 3.05) is 0 Å². The molecule has 0 saturated heterocycles. The Labute approximate surface area is 129 Å². The summed E-state index contributed by atoms with van der Waals surface area (Å²) in [5.74, 6) is 0. The van der Waals surface area contributed by atoms with E-state index in [0.717, 1.165) is 22.5 Å². The molecule has 0 amide bonds. The molecule has 3 heteroatoms. The van der Waals surface area contributed by atoms with Gasteiger partial charge in [-0.3, -0.25) is 0 Å². The van der Waals surface area contributed by atoms with E-state index in [9.17, 15) is 0 Å². The van der Waals surface area contributed by atoms with Crippen molar-refractivity contribution in [2.45, 2.75) is 42.1 Å². The molecule has 20 heavy (non-hydrogen) atoms. The van der Waals surface area contributed by atoms with Crippen molar-refractivity contribution in [1.82, 2.24) is 5.32 Å². The summed E-state index contributed by atoms with van der Waals surface area (Å²) < 4.78 is 0. The first-order chi connectivity index (χ1) is 9.72. The lowest BCUT2D eigenvalue weighted by Gasteiger charge is -2.12. The quantitative estimate of drug-likeness (QED) is 0.829. The molecule has 1 nitrogen and oxygen atoms in total. The van der Waals surface area contributed by atoms with E-state index in [2.05, 4.69) is 36.5 Å². The number of halogens is 1. The van der Waals surface area contributed by atoms with Crippen molar-refractivity contribution >= 4 is 23.4 Å². The second kappa shape index (κ2) is 6.21. The molecule has 104 valence electrons. The van der Waals surface area contributed by atoms with E-state index >= 15 is 0 Å². The van der Waals surface area contributed by atoms with Crippen molar-refractivity contribution in [3.8, 4) is 0 Å². The molecule has 0 heterocycles. The van der Waals surface area contributed by atoms with Crippen LogP contribution in [0.3, 0.4) is 0 Å². The average molecular weight is 304 g/mol. The standard InChI is InChI=1S/C17H18ClNS/c1-12-6-9-16(13(10-12)11-19-14-7-8-14)20-17-5-3-2-4-15(17)18/h2-6,9-10,14,19H,7-8,11H2,1H3. The molecule has 1 fully saturated rings. The first-order valence-electron chi connectivity index (χ1n) is 6.97. The first-order valence-corrected chi connectivity index (χ1v) is 8.17. The number of benzene rings is 2. The molecule has 0 aromatic heterocycles. The lowest BCUT2D eigenvalue weighted by atomic mass is 10.1. The summed E-state index contributed by atoms with van der Waals surface area (Å²) in [7, 11) is 0. The maximum Gasteiger partial charge on any atom is 0.0545 e. The van der Waals surface area contributed by atoms with Gasteiger partial charge in [-0.2, -0.15) is 0 Å². The third-order valence-electron chi connectivity index (χ3n) is 3.43. The van der Waals surface area contributed by atoms with Crippen LogP contribution in [0.25, 0.3) is 0 Å². The minimum absolute atomic E-state index is 0.730. The fourth-order valence-corrected chi connectivity index (χ4v) is 3.33. The summed E-state index contributed by atoms with van der Waals surface area (Å²) in [6, 6.07) is 15.4. The minimum atomic E-state index is 0.730. The third kappa shape index (κ3) is 3.57. The zero-order chi connectivity index (χ0) is 13.9. The molecule has 0 spiro atoms. The highest BCUT2D eigenvalue weighted by Gasteiger charge is 2.20. The van der Waals surface area contributed by atoms with Crippen molar-refractivity contribution in [3.63, 3.8) is 0 Å². The SMILES string of the molecule is Cc1ccc(Sc2ccccc2Cl)c(CNC2CC2)c1. The summed E-state index contributed by atoms with van der Waals surface area (Å²) in [6.07, 6.45) is 2.64. The monoisotopic (exact) mass is 303 g/mol. The zero-order valence-electron chi connectivity index (χ0n) is 11.5. The van der Waals surface area contributed by atoms with Crippen LogP contribution < -0.4 is 5.32 Å². The van der Waals surface area contributed by atoms with Gasteiger partial charge in [0.15, 0.2) is 0 Å². The van der Waals surface area contributed by atoms with Gasteiger partial charge in [0.1, 0.15) is 0 Å². The molecule has 0 unspecified atom stereocenters. The number of hydrogen-bond donors (Lipinski definition) is 1. The van der Waals surface area contributed by atoms with Gasteiger partial charge in [-0.25, -0.2) is 0 Å². The van der Waals surface area contributed by atoms with E-state index in [4.69, 9.17) is 11.6 Å². The summed E-state index contributed by atoms with van der Waals surface area (Å²) in [5.41, 5.74) is 2.67. The van der Waals surface area contributed by atoms with Crippen molar-refractivity contribution in [3.05, 3.63) is 58.6 Å². The largest absolute Gasteiger partial charge is 0.310 e. The Morgan fingerprint density at radius 2 is 1.95 bits per heavy atom. The lowest BCUT2D eigenvalue weighted by molar-refractivity contribution is 0.680. The molecule has 0 atom stereocenters. The first kappa shape index (κ1) is 14.0. The maximum absolute atomic E-state index is 6.26. The number of nitrogens with one attached hydrogen (secondary N) is 1. The van der Waals surface area contributed by atoms with E-state index in [1.807, 2.05) is 18.2 Å². The zero-order valence-corrected chi connectivity index (χ0v) is 13.1. The van der Waals surface area contributed by atoms with E-state index in [1.54, 1.807) is 11.8 Å². The normalized spacial score (nSPS) is 14.5. The Hall–Kier alpha value is -0.960. The van der Waals surface area contributed by atoms with Crippen molar-refractivity contribution < 1.29 is 0 Å². The smallest absolute Gasteiger partial charge is 0.0545 e. The molecule has 0 bridgehead atoms. The Kier molecular flexibility index (Phi) is 4.35. The van der Waals surface area contributed by atoms with Gasteiger partial charge in [0, 0.05) is 22.4 Å². The van der Waals surface area contributed by atoms with Gasteiger partial charge in [-0.1, -0.05) is 53.2 Å². The molecule has 3 rings (SSSR count). The predicted molar refractivity (Wildman–Crippen MR) is 86.6 cm³/mol. The molecular weight excluding hydrogens is 286 g/mol. The van der Waals surface area contributed by atoms with E-state index in [0.29, 0.717) is 0 Å². The molecule has 0 aliphatic heterocycles. The highest BCUT2D eigenvalue weighted by molar-refractivity contribution is 7.99. The Bertz CT molecular complexity index is 608. The van der Waals surface area contributed by atoms with Gasteiger partial charge in [-0.15, -0.1) is 0 Å². The molecular formula is C17H18ClNS. The highest BCUT2D eigenvalue weighted by Crippen LogP contribution is 2.35. The molecule has 0 radical (unpaired) electrons. The Morgan fingerprint density at radius 1 is 1.15 bits per heavy atom. The fourth-order valence-electron chi connectivity index (χ4n) is 2.13. The Morgan fingerprint density at radius 3 is 2.70 bits per heavy atom. The predicted octanol–water partition coefficient (Wildman–Crippen LogP) is 5.05. The lowest BCUT2D eigenvalue weighted by Crippen LogP contribution is -2.15.